The molecule has 1 aliphatic heterocycles. The van der Waals surface area contributed by atoms with Crippen molar-refractivity contribution in [3.05, 3.63) is 24.3 Å². The first kappa shape index (κ1) is 15.7. The van der Waals surface area contributed by atoms with E-state index < -0.39 is 5.60 Å². The topological polar surface area (TPSA) is 81.3 Å². The Bertz CT molecular complexity index is 476. The average Bonchev–Trinajstić information content (AvgIpc) is 2.46. The molecular formula is C15H24N4O2. The number of carbonyl (C=O) groups is 1. The zero-order valence-electron chi connectivity index (χ0n) is 13.0. The van der Waals surface area contributed by atoms with Gasteiger partial charge in [0.2, 0.25) is 0 Å². The van der Waals surface area contributed by atoms with Gasteiger partial charge in [-0.15, -0.1) is 0 Å². The van der Waals surface area contributed by atoms with Gasteiger partial charge >= 0.3 is 6.09 Å². The van der Waals surface area contributed by atoms with Crippen molar-refractivity contribution >= 4 is 6.09 Å². The van der Waals surface area contributed by atoms with Crippen molar-refractivity contribution in [1.82, 2.24) is 14.9 Å². The third kappa shape index (κ3) is 3.69. The normalized spacial score (nSPS) is 18.4. The molecule has 2 N–H and O–H groups in total. The van der Waals surface area contributed by atoms with Crippen molar-refractivity contribution < 1.29 is 9.53 Å². The van der Waals surface area contributed by atoms with E-state index >= 15 is 0 Å². The number of nitrogens with zero attached hydrogens (tertiary/aromatic N) is 3. The average molecular weight is 292 g/mol. The minimum Gasteiger partial charge on any atom is -0.444 e. The van der Waals surface area contributed by atoms with Crippen LogP contribution in [0.25, 0.3) is 0 Å². The molecule has 1 aromatic heterocycles. The first-order chi connectivity index (χ1) is 9.86. The number of piperidine rings is 1. The van der Waals surface area contributed by atoms with Crippen LogP contribution in [0.1, 0.15) is 39.4 Å². The molecule has 2 rings (SSSR count). The SMILES string of the molecule is CC(C)(C)OC(=O)N1CCC(CN)(c2ncccn2)CC1. The van der Waals surface area contributed by atoms with E-state index in [1.165, 1.54) is 0 Å². The first-order valence-electron chi connectivity index (χ1n) is 7.32. The Labute approximate surface area is 125 Å². The predicted octanol–water partition coefficient (Wildman–Crippen LogP) is 1.70. The predicted molar refractivity (Wildman–Crippen MR) is 79.8 cm³/mol. The monoisotopic (exact) mass is 292 g/mol. The van der Waals surface area contributed by atoms with E-state index in [2.05, 4.69) is 9.97 Å². The fourth-order valence-corrected chi connectivity index (χ4v) is 2.54. The molecule has 0 saturated carbocycles. The molecule has 0 spiro atoms. The second kappa shape index (κ2) is 5.97. The van der Waals surface area contributed by atoms with Gasteiger partial charge in [-0.2, -0.15) is 0 Å². The number of rotatable bonds is 2. The molecule has 1 saturated heterocycles. The highest BCUT2D eigenvalue weighted by Crippen LogP contribution is 2.32. The van der Waals surface area contributed by atoms with Crippen molar-refractivity contribution in [1.29, 1.82) is 0 Å². The smallest absolute Gasteiger partial charge is 0.410 e. The van der Waals surface area contributed by atoms with E-state index in [-0.39, 0.29) is 11.5 Å². The van der Waals surface area contributed by atoms with E-state index in [4.69, 9.17) is 10.5 Å². The molecule has 0 unspecified atom stereocenters. The number of amides is 1. The Morgan fingerprint density at radius 1 is 1.33 bits per heavy atom. The fraction of sp³-hybridized carbons (Fsp3) is 0.667. The fourth-order valence-electron chi connectivity index (χ4n) is 2.54. The maximum atomic E-state index is 12.1. The molecule has 1 fully saturated rings. The van der Waals surface area contributed by atoms with Gasteiger partial charge in [0, 0.05) is 37.4 Å². The number of likely N-dealkylation sites (tertiary alicyclic amines) is 1. The molecule has 0 aromatic carbocycles. The molecule has 0 radical (unpaired) electrons. The largest absolute Gasteiger partial charge is 0.444 e. The van der Waals surface area contributed by atoms with Crippen LogP contribution in [0, 0.1) is 0 Å². The highest BCUT2D eigenvalue weighted by molar-refractivity contribution is 5.68. The zero-order chi connectivity index (χ0) is 15.5. The van der Waals surface area contributed by atoms with E-state index in [1.54, 1.807) is 23.4 Å². The van der Waals surface area contributed by atoms with Crippen LogP contribution in [-0.4, -0.2) is 46.2 Å². The van der Waals surface area contributed by atoms with Crippen LogP contribution in [0.4, 0.5) is 4.79 Å². The van der Waals surface area contributed by atoms with Gasteiger partial charge in [-0.1, -0.05) is 0 Å². The van der Waals surface area contributed by atoms with Crippen LogP contribution in [0.3, 0.4) is 0 Å². The molecule has 116 valence electrons. The first-order valence-corrected chi connectivity index (χ1v) is 7.32. The van der Waals surface area contributed by atoms with E-state index in [9.17, 15) is 4.79 Å². The summed E-state index contributed by atoms with van der Waals surface area (Å²) in [6, 6.07) is 1.80. The Morgan fingerprint density at radius 3 is 2.38 bits per heavy atom. The summed E-state index contributed by atoms with van der Waals surface area (Å²) in [6.45, 7) is 7.33. The van der Waals surface area contributed by atoms with Crippen LogP contribution < -0.4 is 5.73 Å². The van der Waals surface area contributed by atoms with Crippen molar-refractivity contribution in [2.45, 2.75) is 44.6 Å². The van der Waals surface area contributed by atoms with Gasteiger partial charge in [-0.3, -0.25) is 0 Å². The molecule has 0 bridgehead atoms. The maximum absolute atomic E-state index is 12.1. The molecule has 0 aliphatic carbocycles. The quantitative estimate of drug-likeness (QED) is 0.897. The van der Waals surface area contributed by atoms with Crippen molar-refractivity contribution in [3.8, 4) is 0 Å². The number of ether oxygens (including phenoxy) is 1. The van der Waals surface area contributed by atoms with Crippen LogP contribution in [0.15, 0.2) is 18.5 Å². The number of aromatic nitrogens is 2. The number of nitrogens with two attached hydrogens (primary N) is 1. The minimum atomic E-state index is -0.470. The summed E-state index contributed by atoms with van der Waals surface area (Å²) in [4.78, 5) is 22.5. The third-order valence-electron chi connectivity index (χ3n) is 3.80. The standard InChI is InChI=1S/C15H24N4O2/c1-14(2,3)21-13(20)19-9-5-15(11-16,6-10-19)12-17-7-4-8-18-12/h4,7-8H,5-6,9-11,16H2,1-3H3. The molecular weight excluding hydrogens is 268 g/mol. The molecule has 1 amide bonds. The molecule has 6 heteroatoms. The molecule has 1 aliphatic rings. The molecule has 0 atom stereocenters. The number of hydrogen-bond acceptors (Lipinski definition) is 5. The molecule has 1 aromatic rings. The lowest BCUT2D eigenvalue weighted by Crippen LogP contribution is -2.50. The number of hydrogen-bond donors (Lipinski definition) is 1. The van der Waals surface area contributed by atoms with Gasteiger partial charge in [0.15, 0.2) is 0 Å². The molecule has 6 nitrogen and oxygen atoms in total. The Kier molecular flexibility index (Phi) is 4.46. The highest BCUT2D eigenvalue weighted by atomic mass is 16.6. The summed E-state index contributed by atoms with van der Waals surface area (Å²) in [5, 5.41) is 0. The van der Waals surface area contributed by atoms with Gasteiger partial charge in [0.1, 0.15) is 11.4 Å². The van der Waals surface area contributed by atoms with E-state index in [1.807, 2.05) is 20.8 Å². The lowest BCUT2D eigenvalue weighted by atomic mass is 9.77. The van der Waals surface area contributed by atoms with Gasteiger partial charge in [0.05, 0.1) is 0 Å². The molecule has 2 heterocycles. The van der Waals surface area contributed by atoms with Gasteiger partial charge in [-0.05, 0) is 39.7 Å². The molecule has 21 heavy (non-hydrogen) atoms. The minimum absolute atomic E-state index is 0.236. The van der Waals surface area contributed by atoms with Gasteiger partial charge in [-0.25, -0.2) is 14.8 Å². The van der Waals surface area contributed by atoms with E-state index in [0.717, 1.165) is 18.7 Å². The summed E-state index contributed by atoms with van der Waals surface area (Å²) in [6.07, 6.45) is 4.72. The summed E-state index contributed by atoms with van der Waals surface area (Å²) in [7, 11) is 0. The maximum Gasteiger partial charge on any atom is 0.410 e. The second-order valence-electron chi connectivity index (χ2n) is 6.52. The van der Waals surface area contributed by atoms with Crippen LogP contribution in [0.2, 0.25) is 0 Å². The van der Waals surface area contributed by atoms with Crippen LogP contribution >= 0.6 is 0 Å². The highest BCUT2D eigenvalue weighted by Gasteiger charge is 2.39. The Hall–Kier alpha value is -1.69. The lowest BCUT2D eigenvalue weighted by Gasteiger charge is -2.40. The Balaban J connectivity index is 2.03. The van der Waals surface area contributed by atoms with Gasteiger partial charge in [0.25, 0.3) is 0 Å². The lowest BCUT2D eigenvalue weighted by molar-refractivity contribution is 0.0163. The van der Waals surface area contributed by atoms with Crippen molar-refractivity contribution in [2.24, 2.45) is 5.73 Å². The third-order valence-corrected chi connectivity index (χ3v) is 3.80. The van der Waals surface area contributed by atoms with Gasteiger partial charge < -0.3 is 15.4 Å². The number of carbonyl (C=O) groups excluding carboxylic acids is 1. The Morgan fingerprint density at radius 2 is 1.90 bits per heavy atom. The van der Waals surface area contributed by atoms with Crippen LogP contribution in [-0.2, 0) is 10.2 Å². The summed E-state index contributed by atoms with van der Waals surface area (Å²) in [5.41, 5.74) is 5.27. The van der Waals surface area contributed by atoms with Crippen molar-refractivity contribution in [2.75, 3.05) is 19.6 Å². The summed E-state index contributed by atoms with van der Waals surface area (Å²) in [5.74, 6) is 0.774. The van der Waals surface area contributed by atoms with E-state index in [0.29, 0.717) is 19.6 Å². The summed E-state index contributed by atoms with van der Waals surface area (Å²) < 4.78 is 5.41. The zero-order valence-corrected chi connectivity index (χ0v) is 13.0. The van der Waals surface area contributed by atoms with Crippen LogP contribution in [0.5, 0.6) is 0 Å². The summed E-state index contributed by atoms with van der Waals surface area (Å²) >= 11 is 0. The van der Waals surface area contributed by atoms with Crippen molar-refractivity contribution in [3.63, 3.8) is 0 Å². The second-order valence-corrected chi connectivity index (χ2v) is 6.52.